The van der Waals surface area contributed by atoms with Crippen molar-refractivity contribution >= 4 is 19.4 Å². The van der Waals surface area contributed by atoms with Crippen LogP contribution in [-0.2, 0) is 0 Å². The first-order chi connectivity index (χ1) is 5.79. The van der Waals surface area contributed by atoms with Gasteiger partial charge in [-0.25, -0.2) is 0 Å². The van der Waals surface area contributed by atoms with Gasteiger partial charge in [0.05, 0.1) is 0 Å². The fraction of sp³-hybridized carbons (Fsp3) is 0.200. The van der Waals surface area contributed by atoms with Crippen molar-refractivity contribution in [1.29, 1.82) is 0 Å². The zero-order chi connectivity index (χ0) is 8.81. The van der Waals surface area contributed by atoms with E-state index in [9.17, 15) is 0 Å². The molecule has 0 aliphatic rings. The molecule has 0 aliphatic carbocycles. The molecule has 0 spiro atoms. The van der Waals surface area contributed by atoms with Gasteiger partial charge in [0.15, 0.2) is 0 Å². The number of rotatable bonds is 3. The minimum atomic E-state index is -0.324. The topological polar surface area (TPSA) is 20.2 Å². The van der Waals surface area contributed by atoms with Crippen LogP contribution in [0.3, 0.4) is 0 Å². The molecule has 1 aromatic rings. The maximum absolute atomic E-state index is 8.95. The Morgan fingerprint density at radius 2 is 2.00 bits per heavy atom. The van der Waals surface area contributed by atoms with Crippen LogP contribution >= 0.6 is 0 Å². The van der Waals surface area contributed by atoms with E-state index in [2.05, 4.69) is 12.1 Å². The summed E-state index contributed by atoms with van der Waals surface area (Å²) in [5.41, 5.74) is 0. The molecule has 0 saturated heterocycles. The zero-order valence-electron chi connectivity index (χ0n) is 6.97. The van der Waals surface area contributed by atoms with Gasteiger partial charge in [0.1, 0.15) is 0 Å². The number of aliphatic hydroxyl groups excluding tert-OH is 1. The van der Waals surface area contributed by atoms with Crippen molar-refractivity contribution in [2.45, 2.75) is 13.0 Å². The monoisotopic (exact) mass is 228 g/mol. The van der Waals surface area contributed by atoms with Gasteiger partial charge >= 0.3 is 78.9 Å². The van der Waals surface area contributed by atoms with E-state index in [0.717, 1.165) is 0 Å². The van der Waals surface area contributed by atoms with Gasteiger partial charge in [-0.3, -0.25) is 0 Å². The third kappa shape index (κ3) is 3.72. The normalized spacial score (nSPS) is 13.5. The summed E-state index contributed by atoms with van der Waals surface area (Å²) < 4.78 is 1.34. The Labute approximate surface area is 79.3 Å². The van der Waals surface area contributed by atoms with E-state index < -0.39 is 0 Å². The van der Waals surface area contributed by atoms with Gasteiger partial charge < -0.3 is 0 Å². The van der Waals surface area contributed by atoms with Crippen LogP contribution in [0.15, 0.2) is 41.4 Å². The van der Waals surface area contributed by atoms with Gasteiger partial charge in [-0.1, -0.05) is 0 Å². The molecule has 0 fully saturated rings. The number of benzene rings is 1. The third-order valence-electron chi connectivity index (χ3n) is 1.30. The Morgan fingerprint density at radius 3 is 2.58 bits per heavy atom. The molecule has 0 saturated carbocycles. The molecule has 0 bridgehead atoms. The molecule has 1 aromatic carbocycles. The van der Waals surface area contributed by atoms with E-state index >= 15 is 0 Å². The van der Waals surface area contributed by atoms with Gasteiger partial charge in [0, 0.05) is 0 Å². The average molecular weight is 227 g/mol. The molecule has 1 N–H and O–H groups in total. The predicted molar refractivity (Wildman–Crippen MR) is 52.7 cm³/mol. The van der Waals surface area contributed by atoms with Gasteiger partial charge in [0.2, 0.25) is 0 Å². The molecule has 1 atom stereocenters. The van der Waals surface area contributed by atoms with Crippen molar-refractivity contribution in [2.24, 2.45) is 0 Å². The maximum atomic E-state index is 8.95. The third-order valence-corrected chi connectivity index (χ3v) is 3.06. The summed E-state index contributed by atoms with van der Waals surface area (Å²) in [6, 6.07) is 10.3. The molecule has 64 valence electrons. The van der Waals surface area contributed by atoms with E-state index in [-0.39, 0.29) is 6.10 Å². The SMILES string of the molecule is CC(O)/C=C/[Se]c1ccccc1. The Hall–Kier alpha value is -0.561. The van der Waals surface area contributed by atoms with E-state index in [1.165, 1.54) is 4.46 Å². The van der Waals surface area contributed by atoms with E-state index in [1.807, 2.05) is 29.2 Å². The summed E-state index contributed by atoms with van der Waals surface area (Å²) >= 11 is 0.359. The van der Waals surface area contributed by atoms with Gasteiger partial charge in [-0.05, 0) is 0 Å². The summed E-state index contributed by atoms with van der Waals surface area (Å²) in [4.78, 5) is 2.05. The Kier molecular flexibility index (Phi) is 4.09. The summed E-state index contributed by atoms with van der Waals surface area (Å²) in [6.07, 6.45) is 1.50. The van der Waals surface area contributed by atoms with Crippen LogP contribution in [-0.4, -0.2) is 26.2 Å². The second kappa shape index (κ2) is 5.15. The Morgan fingerprint density at radius 1 is 1.33 bits per heavy atom. The molecular formula is C10H12OSe. The predicted octanol–water partition coefficient (Wildman–Crippen LogP) is 0.911. The van der Waals surface area contributed by atoms with Gasteiger partial charge in [-0.15, -0.1) is 0 Å². The fourth-order valence-electron chi connectivity index (χ4n) is 0.731. The van der Waals surface area contributed by atoms with Crippen LogP contribution in [0.2, 0.25) is 0 Å². The molecule has 2 heteroatoms. The van der Waals surface area contributed by atoms with Crippen molar-refractivity contribution in [3.63, 3.8) is 0 Å². The van der Waals surface area contributed by atoms with E-state index in [1.54, 1.807) is 6.92 Å². The van der Waals surface area contributed by atoms with E-state index in [0.29, 0.717) is 15.0 Å². The Bertz CT molecular complexity index is 241. The van der Waals surface area contributed by atoms with Crippen LogP contribution in [0.1, 0.15) is 6.92 Å². The van der Waals surface area contributed by atoms with Crippen LogP contribution in [0.25, 0.3) is 0 Å². The van der Waals surface area contributed by atoms with Crippen LogP contribution in [0.5, 0.6) is 0 Å². The molecular weight excluding hydrogens is 215 g/mol. The summed E-state index contributed by atoms with van der Waals surface area (Å²) in [6.45, 7) is 1.76. The molecule has 1 rings (SSSR count). The Balaban J connectivity index is 2.43. The zero-order valence-corrected chi connectivity index (χ0v) is 8.69. The molecule has 0 heterocycles. The van der Waals surface area contributed by atoms with E-state index in [4.69, 9.17) is 5.11 Å². The van der Waals surface area contributed by atoms with Crippen molar-refractivity contribution in [2.75, 3.05) is 0 Å². The second-order valence-electron chi connectivity index (χ2n) is 2.50. The van der Waals surface area contributed by atoms with Crippen molar-refractivity contribution in [3.05, 3.63) is 41.4 Å². The van der Waals surface area contributed by atoms with Crippen molar-refractivity contribution < 1.29 is 5.11 Å². The van der Waals surface area contributed by atoms with Crippen molar-refractivity contribution in [3.8, 4) is 0 Å². The van der Waals surface area contributed by atoms with Gasteiger partial charge in [0.25, 0.3) is 0 Å². The quantitative estimate of drug-likeness (QED) is 0.761. The summed E-state index contributed by atoms with van der Waals surface area (Å²) in [5, 5.41) is 8.95. The number of aliphatic hydroxyl groups is 1. The molecule has 0 amide bonds. The number of hydrogen-bond acceptors (Lipinski definition) is 1. The first-order valence-electron chi connectivity index (χ1n) is 3.85. The number of hydrogen-bond donors (Lipinski definition) is 1. The van der Waals surface area contributed by atoms with Crippen LogP contribution < -0.4 is 4.46 Å². The molecule has 0 aromatic heterocycles. The summed E-state index contributed by atoms with van der Waals surface area (Å²) in [5.74, 6) is 0. The molecule has 12 heavy (non-hydrogen) atoms. The second-order valence-corrected chi connectivity index (χ2v) is 4.55. The standard InChI is InChI=1S/C10H12OSe/c1-9(11)7-8-12-10-5-3-2-4-6-10/h2-9,11H,1H3/b8-7+. The average Bonchev–Trinajstić information content (AvgIpc) is 2.05. The molecule has 0 aliphatic heterocycles. The fourth-order valence-corrected chi connectivity index (χ4v) is 2.36. The first kappa shape index (κ1) is 9.53. The molecule has 0 radical (unpaired) electrons. The van der Waals surface area contributed by atoms with Gasteiger partial charge in [-0.2, -0.15) is 0 Å². The summed E-state index contributed by atoms with van der Waals surface area (Å²) in [7, 11) is 0. The van der Waals surface area contributed by atoms with Crippen LogP contribution in [0, 0.1) is 0 Å². The molecule has 1 nitrogen and oxygen atoms in total. The minimum absolute atomic E-state index is 0.324. The molecule has 1 unspecified atom stereocenters. The van der Waals surface area contributed by atoms with Crippen LogP contribution in [0.4, 0.5) is 0 Å². The first-order valence-corrected chi connectivity index (χ1v) is 5.70. The van der Waals surface area contributed by atoms with Crippen molar-refractivity contribution in [1.82, 2.24) is 0 Å².